The number of aryl methyl sites for hydroxylation is 1. The van der Waals surface area contributed by atoms with E-state index >= 15 is 0 Å². The number of aliphatic carboxylic acids is 1. The third-order valence-corrected chi connectivity index (χ3v) is 4.87. The number of nitrogens with zero attached hydrogens (tertiary/aromatic N) is 2. The Morgan fingerprint density at radius 1 is 1.43 bits per heavy atom. The summed E-state index contributed by atoms with van der Waals surface area (Å²) < 4.78 is 7.95. The van der Waals surface area contributed by atoms with Gasteiger partial charge in [-0.15, -0.1) is 0 Å². The summed E-state index contributed by atoms with van der Waals surface area (Å²) in [5.74, 6) is 0.130. The van der Waals surface area contributed by atoms with Crippen LogP contribution in [0.3, 0.4) is 0 Å². The quantitative estimate of drug-likeness (QED) is 0.923. The van der Waals surface area contributed by atoms with Crippen molar-refractivity contribution in [3.05, 3.63) is 17.2 Å². The lowest BCUT2D eigenvalue weighted by Crippen LogP contribution is -2.22. The van der Waals surface area contributed by atoms with Gasteiger partial charge in [0.2, 0.25) is 0 Å². The fourth-order valence-corrected chi connectivity index (χ4v) is 3.53. The highest BCUT2D eigenvalue weighted by Gasteiger charge is 2.28. The minimum Gasteiger partial charge on any atom is -0.481 e. The van der Waals surface area contributed by atoms with Crippen LogP contribution in [-0.2, 0) is 35.8 Å². The van der Waals surface area contributed by atoms with Gasteiger partial charge in [0.25, 0.3) is 0 Å². The molecule has 1 aromatic heterocycles. The number of carboxylic acids is 1. The van der Waals surface area contributed by atoms with Crippen LogP contribution in [-0.4, -0.2) is 33.3 Å². The number of rotatable bonds is 4. The Labute approximate surface area is 125 Å². The monoisotopic (exact) mass is 292 g/mol. The van der Waals surface area contributed by atoms with Crippen LogP contribution < -0.4 is 0 Å². The van der Waals surface area contributed by atoms with Crippen LogP contribution in [0.25, 0.3) is 0 Å². The van der Waals surface area contributed by atoms with Crippen LogP contribution in [0.15, 0.2) is 0 Å². The highest BCUT2D eigenvalue weighted by Crippen LogP contribution is 2.27. The third kappa shape index (κ3) is 3.12. The van der Waals surface area contributed by atoms with Crippen LogP contribution in [0.4, 0.5) is 0 Å². The molecule has 2 aliphatic rings. The van der Waals surface area contributed by atoms with Crippen molar-refractivity contribution in [1.82, 2.24) is 9.55 Å². The van der Waals surface area contributed by atoms with Gasteiger partial charge in [0.1, 0.15) is 5.82 Å². The molecule has 0 bridgehead atoms. The number of fused-ring (bicyclic) bond motifs is 1. The maximum absolute atomic E-state index is 11.1. The fourth-order valence-electron chi connectivity index (χ4n) is 3.53. The zero-order valence-corrected chi connectivity index (χ0v) is 12.7. The van der Waals surface area contributed by atoms with E-state index in [4.69, 9.17) is 14.8 Å². The largest absolute Gasteiger partial charge is 0.481 e. The van der Waals surface area contributed by atoms with Gasteiger partial charge in [-0.3, -0.25) is 4.79 Å². The summed E-state index contributed by atoms with van der Waals surface area (Å²) in [6.07, 6.45) is 8.07. The molecule has 0 radical (unpaired) electrons. The van der Waals surface area contributed by atoms with Gasteiger partial charge < -0.3 is 14.4 Å². The number of hydrogen-bond acceptors (Lipinski definition) is 3. The predicted molar refractivity (Wildman–Crippen MR) is 78.3 cm³/mol. The van der Waals surface area contributed by atoms with E-state index < -0.39 is 5.97 Å². The van der Waals surface area contributed by atoms with Crippen molar-refractivity contribution in [2.24, 2.45) is 13.0 Å². The van der Waals surface area contributed by atoms with Gasteiger partial charge in [-0.1, -0.05) is 0 Å². The molecule has 1 N–H and O–H groups in total. The van der Waals surface area contributed by atoms with Crippen molar-refractivity contribution in [3.63, 3.8) is 0 Å². The average Bonchev–Trinajstić information content (AvgIpc) is 2.82. The summed E-state index contributed by atoms with van der Waals surface area (Å²) in [5, 5.41) is 9.16. The van der Waals surface area contributed by atoms with E-state index in [1.54, 1.807) is 0 Å². The summed E-state index contributed by atoms with van der Waals surface area (Å²) in [5.41, 5.74) is 2.22. The summed E-state index contributed by atoms with van der Waals surface area (Å²) >= 11 is 0. The molecule has 116 valence electrons. The molecule has 5 nitrogen and oxygen atoms in total. The number of hydrogen-bond donors (Lipinski definition) is 1. The second-order valence-electron chi connectivity index (χ2n) is 6.29. The molecule has 1 saturated heterocycles. The SMILES string of the molecule is Cn1c(CCC2CCCCO2)nc2c1CCC(C(=O)O)C2. The van der Waals surface area contributed by atoms with Crippen LogP contribution in [0, 0.1) is 5.92 Å². The first kappa shape index (κ1) is 14.6. The Bertz CT molecular complexity index is 518. The zero-order valence-electron chi connectivity index (χ0n) is 12.7. The van der Waals surface area contributed by atoms with Gasteiger partial charge in [0.15, 0.2) is 0 Å². The maximum atomic E-state index is 11.1. The molecule has 0 saturated carbocycles. The van der Waals surface area contributed by atoms with Gasteiger partial charge in [0.05, 0.1) is 17.7 Å². The van der Waals surface area contributed by atoms with E-state index in [1.807, 2.05) is 0 Å². The van der Waals surface area contributed by atoms with Crippen molar-refractivity contribution < 1.29 is 14.6 Å². The normalized spacial score (nSPS) is 25.6. The first-order chi connectivity index (χ1) is 10.1. The van der Waals surface area contributed by atoms with E-state index in [1.165, 1.54) is 18.5 Å². The molecule has 2 atom stereocenters. The van der Waals surface area contributed by atoms with Gasteiger partial charge in [-0.25, -0.2) is 4.98 Å². The molecule has 2 heterocycles. The van der Waals surface area contributed by atoms with Crippen LogP contribution in [0.2, 0.25) is 0 Å². The van der Waals surface area contributed by atoms with Crippen molar-refractivity contribution in [2.45, 2.75) is 57.5 Å². The Morgan fingerprint density at radius 3 is 3.00 bits per heavy atom. The predicted octanol–water partition coefficient (Wildman–Crippen LogP) is 2.11. The number of ether oxygens (including phenoxy) is 1. The lowest BCUT2D eigenvalue weighted by atomic mass is 9.90. The number of aromatic nitrogens is 2. The average molecular weight is 292 g/mol. The highest BCUT2D eigenvalue weighted by molar-refractivity contribution is 5.70. The molecule has 0 aromatic carbocycles. The topological polar surface area (TPSA) is 64.4 Å². The van der Waals surface area contributed by atoms with E-state index in [9.17, 15) is 4.79 Å². The van der Waals surface area contributed by atoms with Crippen LogP contribution in [0.5, 0.6) is 0 Å². The van der Waals surface area contributed by atoms with Crippen LogP contribution in [0.1, 0.15) is 49.3 Å². The third-order valence-electron chi connectivity index (χ3n) is 4.87. The zero-order chi connectivity index (χ0) is 14.8. The minimum atomic E-state index is -0.691. The molecule has 1 aromatic rings. The molecular formula is C16H24N2O3. The van der Waals surface area contributed by atoms with E-state index in [2.05, 4.69) is 11.6 Å². The fraction of sp³-hybridized carbons (Fsp3) is 0.750. The maximum Gasteiger partial charge on any atom is 0.306 e. The second-order valence-corrected chi connectivity index (χ2v) is 6.29. The first-order valence-corrected chi connectivity index (χ1v) is 8.03. The Morgan fingerprint density at radius 2 is 2.29 bits per heavy atom. The summed E-state index contributed by atoms with van der Waals surface area (Å²) in [7, 11) is 2.06. The molecule has 1 aliphatic heterocycles. The van der Waals surface area contributed by atoms with Gasteiger partial charge >= 0.3 is 5.97 Å². The molecule has 21 heavy (non-hydrogen) atoms. The van der Waals surface area contributed by atoms with Crippen molar-refractivity contribution in [3.8, 4) is 0 Å². The summed E-state index contributed by atoms with van der Waals surface area (Å²) in [4.78, 5) is 15.8. The van der Waals surface area contributed by atoms with Gasteiger partial charge in [-0.05, 0) is 38.5 Å². The first-order valence-electron chi connectivity index (χ1n) is 8.03. The smallest absolute Gasteiger partial charge is 0.306 e. The minimum absolute atomic E-state index is 0.262. The molecule has 1 fully saturated rings. The van der Waals surface area contributed by atoms with Crippen LogP contribution >= 0.6 is 0 Å². The molecule has 2 unspecified atom stereocenters. The van der Waals surface area contributed by atoms with E-state index in [0.29, 0.717) is 12.5 Å². The summed E-state index contributed by atoms with van der Waals surface area (Å²) in [6, 6.07) is 0. The number of carbonyl (C=O) groups is 1. The lowest BCUT2D eigenvalue weighted by molar-refractivity contribution is -0.142. The molecule has 5 heteroatoms. The van der Waals surface area contributed by atoms with Crippen molar-refractivity contribution >= 4 is 5.97 Å². The van der Waals surface area contributed by atoms with Crippen molar-refractivity contribution in [2.75, 3.05) is 6.61 Å². The molecule has 0 amide bonds. The second kappa shape index (κ2) is 6.18. The number of carboxylic acid groups (broad SMARTS) is 1. The molecule has 1 aliphatic carbocycles. The Balaban J connectivity index is 1.65. The van der Waals surface area contributed by atoms with Gasteiger partial charge in [0, 0.05) is 32.2 Å². The summed E-state index contributed by atoms with van der Waals surface area (Å²) in [6.45, 7) is 0.891. The molecular weight excluding hydrogens is 268 g/mol. The van der Waals surface area contributed by atoms with Gasteiger partial charge in [-0.2, -0.15) is 0 Å². The number of imidazole rings is 1. The highest BCUT2D eigenvalue weighted by atomic mass is 16.5. The standard InChI is InChI=1S/C16H24N2O3/c1-18-14-7-5-11(16(19)20)10-13(14)17-15(18)8-6-12-4-2-3-9-21-12/h11-12H,2-10H2,1H3,(H,19,20). The lowest BCUT2D eigenvalue weighted by Gasteiger charge is -2.22. The molecule has 3 rings (SSSR count). The van der Waals surface area contributed by atoms with E-state index in [0.717, 1.165) is 50.2 Å². The van der Waals surface area contributed by atoms with Crippen molar-refractivity contribution in [1.29, 1.82) is 0 Å². The van der Waals surface area contributed by atoms with E-state index in [-0.39, 0.29) is 5.92 Å². The Hall–Kier alpha value is -1.36. The Kier molecular flexibility index (Phi) is 4.29. The molecule has 0 spiro atoms.